The van der Waals surface area contributed by atoms with E-state index in [9.17, 15) is 4.79 Å². The quantitative estimate of drug-likeness (QED) is 0.906. The lowest BCUT2D eigenvalue weighted by atomic mass is 9.88. The van der Waals surface area contributed by atoms with E-state index in [2.05, 4.69) is 0 Å². The summed E-state index contributed by atoms with van der Waals surface area (Å²) < 4.78 is 0. The summed E-state index contributed by atoms with van der Waals surface area (Å²) in [5.41, 5.74) is 1.12. The van der Waals surface area contributed by atoms with E-state index in [1.807, 2.05) is 11.3 Å². The number of carbonyl (C=O) groups is 1. The van der Waals surface area contributed by atoms with E-state index in [4.69, 9.17) is 10.1 Å². The summed E-state index contributed by atoms with van der Waals surface area (Å²) in [7, 11) is 0. The number of fused-ring (bicyclic) bond motifs is 1. The molecule has 2 aliphatic rings. The van der Waals surface area contributed by atoms with Gasteiger partial charge in [-0.1, -0.05) is 12.8 Å². The van der Waals surface area contributed by atoms with E-state index in [1.54, 1.807) is 0 Å². The van der Waals surface area contributed by atoms with Crippen LogP contribution in [0.2, 0.25) is 0 Å². The number of aliphatic carboxylic acids is 1. The molecular weight excluding hydrogens is 246 g/mol. The van der Waals surface area contributed by atoms with Gasteiger partial charge in [0.2, 0.25) is 0 Å². The monoisotopic (exact) mass is 265 g/mol. The van der Waals surface area contributed by atoms with Crippen molar-refractivity contribution in [2.45, 2.75) is 63.2 Å². The van der Waals surface area contributed by atoms with Crippen LogP contribution in [-0.2, 0) is 11.2 Å². The lowest BCUT2D eigenvalue weighted by molar-refractivity contribution is -0.137. The topological polar surface area (TPSA) is 50.2 Å². The molecule has 0 spiro atoms. The van der Waals surface area contributed by atoms with Crippen molar-refractivity contribution in [1.82, 2.24) is 4.98 Å². The van der Waals surface area contributed by atoms with Gasteiger partial charge in [-0.15, -0.1) is 11.3 Å². The van der Waals surface area contributed by atoms with Crippen molar-refractivity contribution in [1.29, 1.82) is 0 Å². The molecule has 0 saturated heterocycles. The molecule has 1 atom stereocenters. The number of hydrogen-bond acceptors (Lipinski definition) is 3. The maximum atomic E-state index is 10.9. The van der Waals surface area contributed by atoms with Crippen LogP contribution in [0.1, 0.15) is 72.4 Å². The van der Waals surface area contributed by atoms with Crippen LogP contribution in [-0.4, -0.2) is 16.1 Å². The fourth-order valence-electron chi connectivity index (χ4n) is 3.28. The third kappa shape index (κ3) is 2.30. The second-order valence-corrected chi connectivity index (χ2v) is 6.64. The van der Waals surface area contributed by atoms with Crippen LogP contribution in [0.15, 0.2) is 0 Å². The summed E-state index contributed by atoms with van der Waals surface area (Å²) in [6.45, 7) is 0. The first kappa shape index (κ1) is 12.2. The molecule has 18 heavy (non-hydrogen) atoms. The van der Waals surface area contributed by atoms with Gasteiger partial charge in [-0.3, -0.25) is 4.79 Å². The molecule has 0 amide bonds. The molecule has 4 heteroatoms. The Labute approximate surface area is 111 Å². The third-order valence-electron chi connectivity index (χ3n) is 4.21. The van der Waals surface area contributed by atoms with Crippen LogP contribution >= 0.6 is 11.3 Å². The van der Waals surface area contributed by atoms with Gasteiger partial charge in [0.1, 0.15) is 0 Å². The largest absolute Gasteiger partial charge is 0.481 e. The van der Waals surface area contributed by atoms with Crippen LogP contribution < -0.4 is 0 Å². The third-order valence-corrected chi connectivity index (χ3v) is 5.51. The summed E-state index contributed by atoms with van der Waals surface area (Å²) in [4.78, 5) is 17.1. The van der Waals surface area contributed by atoms with Crippen molar-refractivity contribution in [2.24, 2.45) is 0 Å². The minimum Gasteiger partial charge on any atom is -0.481 e. The summed E-state index contributed by atoms with van der Waals surface area (Å²) in [5.74, 6) is 0.131. The minimum absolute atomic E-state index is 0.164. The number of rotatable bonds is 3. The Hall–Kier alpha value is -0.900. The van der Waals surface area contributed by atoms with Crippen LogP contribution in [0.5, 0.6) is 0 Å². The first-order valence-electron chi connectivity index (χ1n) is 6.95. The Kier molecular flexibility index (Phi) is 3.37. The molecule has 1 fully saturated rings. The normalized spacial score (nSPS) is 24.1. The molecule has 2 aliphatic carbocycles. The van der Waals surface area contributed by atoms with Crippen LogP contribution in [0.3, 0.4) is 0 Å². The standard InChI is InChI=1S/C14H19NO2S/c16-12(17)8-10-6-3-7-11-13(10)15-14(18-11)9-4-1-2-5-9/h9-10H,1-8H2,(H,16,17). The zero-order valence-electron chi connectivity index (χ0n) is 10.5. The highest BCUT2D eigenvalue weighted by molar-refractivity contribution is 7.11. The SMILES string of the molecule is O=C(O)CC1CCCc2sc(C3CCCC3)nc21. The Morgan fingerprint density at radius 2 is 2.06 bits per heavy atom. The molecule has 0 radical (unpaired) electrons. The number of hydrogen-bond donors (Lipinski definition) is 1. The number of aromatic nitrogens is 1. The van der Waals surface area contributed by atoms with Crippen molar-refractivity contribution in [3.8, 4) is 0 Å². The number of carboxylic acid groups (broad SMARTS) is 1. The first-order valence-corrected chi connectivity index (χ1v) is 7.77. The number of thiazole rings is 1. The maximum absolute atomic E-state index is 10.9. The van der Waals surface area contributed by atoms with E-state index >= 15 is 0 Å². The molecule has 1 unspecified atom stereocenters. The Morgan fingerprint density at radius 1 is 1.28 bits per heavy atom. The van der Waals surface area contributed by atoms with Gasteiger partial charge >= 0.3 is 5.97 Å². The highest BCUT2D eigenvalue weighted by atomic mass is 32.1. The van der Waals surface area contributed by atoms with E-state index in [-0.39, 0.29) is 12.3 Å². The second-order valence-electron chi connectivity index (χ2n) is 5.53. The van der Waals surface area contributed by atoms with Gasteiger partial charge in [-0.05, 0) is 32.1 Å². The summed E-state index contributed by atoms with van der Waals surface area (Å²) in [6.07, 6.45) is 8.67. The Balaban J connectivity index is 1.84. The summed E-state index contributed by atoms with van der Waals surface area (Å²) >= 11 is 1.86. The van der Waals surface area contributed by atoms with Gasteiger partial charge in [0.05, 0.1) is 17.1 Å². The number of carboxylic acids is 1. The number of nitrogens with zero attached hydrogens (tertiary/aromatic N) is 1. The van der Waals surface area contributed by atoms with Gasteiger partial charge in [-0.2, -0.15) is 0 Å². The molecule has 98 valence electrons. The van der Waals surface area contributed by atoms with Gasteiger partial charge in [0.15, 0.2) is 0 Å². The Bertz CT molecular complexity index is 449. The first-order chi connectivity index (χ1) is 8.74. The highest BCUT2D eigenvalue weighted by Gasteiger charge is 2.29. The summed E-state index contributed by atoms with van der Waals surface area (Å²) in [5, 5.41) is 10.3. The predicted molar refractivity (Wildman–Crippen MR) is 71.3 cm³/mol. The molecule has 1 aromatic heterocycles. The molecule has 0 aliphatic heterocycles. The van der Waals surface area contributed by atoms with Gasteiger partial charge < -0.3 is 5.11 Å². The van der Waals surface area contributed by atoms with Crippen LogP contribution in [0.4, 0.5) is 0 Å². The van der Waals surface area contributed by atoms with Gasteiger partial charge in [-0.25, -0.2) is 4.98 Å². The van der Waals surface area contributed by atoms with Gasteiger partial charge in [0.25, 0.3) is 0 Å². The lowest BCUT2D eigenvalue weighted by Gasteiger charge is -2.19. The molecule has 1 saturated carbocycles. The number of aryl methyl sites for hydroxylation is 1. The fraction of sp³-hybridized carbons (Fsp3) is 0.714. The van der Waals surface area contributed by atoms with Crippen LogP contribution in [0.25, 0.3) is 0 Å². The Morgan fingerprint density at radius 3 is 2.78 bits per heavy atom. The minimum atomic E-state index is -0.691. The fourth-order valence-corrected chi connectivity index (χ4v) is 4.65. The van der Waals surface area contributed by atoms with Crippen molar-refractivity contribution in [2.75, 3.05) is 0 Å². The molecule has 1 aromatic rings. The van der Waals surface area contributed by atoms with E-state index in [1.165, 1.54) is 35.6 Å². The van der Waals surface area contributed by atoms with E-state index in [0.29, 0.717) is 5.92 Å². The summed E-state index contributed by atoms with van der Waals surface area (Å²) in [6, 6.07) is 0. The smallest absolute Gasteiger partial charge is 0.304 e. The molecule has 3 nitrogen and oxygen atoms in total. The van der Waals surface area contributed by atoms with Crippen molar-refractivity contribution in [3.05, 3.63) is 15.6 Å². The van der Waals surface area contributed by atoms with E-state index in [0.717, 1.165) is 25.0 Å². The van der Waals surface area contributed by atoms with E-state index < -0.39 is 5.97 Å². The highest BCUT2D eigenvalue weighted by Crippen LogP contribution is 2.42. The molecule has 3 rings (SSSR count). The molecular formula is C14H19NO2S. The van der Waals surface area contributed by atoms with Crippen molar-refractivity contribution < 1.29 is 9.90 Å². The molecule has 0 aromatic carbocycles. The lowest BCUT2D eigenvalue weighted by Crippen LogP contribution is -2.12. The van der Waals surface area contributed by atoms with Gasteiger partial charge in [0, 0.05) is 16.7 Å². The average molecular weight is 265 g/mol. The average Bonchev–Trinajstić information content (AvgIpc) is 2.97. The van der Waals surface area contributed by atoms with Crippen molar-refractivity contribution in [3.63, 3.8) is 0 Å². The second kappa shape index (κ2) is 5.00. The zero-order valence-corrected chi connectivity index (χ0v) is 11.3. The molecule has 0 bridgehead atoms. The molecule has 1 N–H and O–H groups in total. The maximum Gasteiger partial charge on any atom is 0.304 e. The van der Waals surface area contributed by atoms with Crippen molar-refractivity contribution >= 4 is 17.3 Å². The van der Waals surface area contributed by atoms with Crippen LogP contribution in [0, 0.1) is 0 Å². The zero-order chi connectivity index (χ0) is 12.5. The predicted octanol–water partition coefficient (Wildman–Crippen LogP) is 3.70. The molecule has 1 heterocycles.